The number of nitrogens with one attached hydrogen (secondary N) is 1. The smallest absolute Gasteiger partial charge is 0.244 e. The van der Waals surface area contributed by atoms with E-state index in [0.717, 1.165) is 21.7 Å². The van der Waals surface area contributed by atoms with Crippen LogP contribution >= 0.6 is 23.2 Å². The molecular weight excluding hydrogens is 509 g/mol. The molecule has 0 aliphatic carbocycles. The normalized spacial score (nSPS) is 12.4. The Morgan fingerprint density at radius 2 is 1.57 bits per heavy atom. The Morgan fingerprint density at radius 3 is 2.03 bits per heavy atom. The van der Waals surface area contributed by atoms with Crippen LogP contribution in [0.2, 0.25) is 10.0 Å². The fourth-order valence-electron chi connectivity index (χ4n) is 3.86. The van der Waals surface area contributed by atoms with E-state index in [0.29, 0.717) is 27.7 Å². The molecule has 2 aromatic rings. The van der Waals surface area contributed by atoms with Crippen molar-refractivity contribution in [3.05, 3.63) is 63.1 Å². The highest BCUT2D eigenvalue weighted by molar-refractivity contribution is 7.92. The molecule has 0 aliphatic rings. The van der Waals surface area contributed by atoms with Gasteiger partial charge in [0.2, 0.25) is 21.8 Å². The van der Waals surface area contributed by atoms with Crippen molar-refractivity contribution in [2.24, 2.45) is 0 Å². The second-order valence-electron chi connectivity index (χ2n) is 8.92. The summed E-state index contributed by atoms with van der Waals surface area (Å²) in [6.45, 7) is 8.63. The van der Waals surface area contributed by atoms with Gasteiger partial charge < -0.3 is 10.2 Å². The molecule has 2 amide bonds. The third kappa shape index (κ3) is 7.85. The van der Waals surface area contributed by atoms with Crippen molar-refractivity contribution in [3.8, 4) is 0 Å². The van der Waals surface area contributed by atoms with Crippen LogP contribution in [0.5, 0.6) is 0 Å². The van der Waals surface area contributed by atoms with Crippen LogP contribution in [-0.2, 0) is 26.2 Å². The fraction of sp³-hybridized carbons (Fsp3) is 0.440. The number of hydrogen-bond acceptors (Lipinski definition) is 4. The van der Waals surface area contributed by atoms with Crippen molar-refractivity contribution in [1.82, 2.24) is 10.2 Å². The number of sulfonamides is 1. The van der Waals surface area contributed by atoms with E-state index in [4.69, 9.17) is 23.2 Å². The summed E-state index contributed by atoms with van der Waals surface area (Å²) in [4.78, 5) is 28.1. The lowest BCUT2D eigenvalue weighted by Crippen LogP contribution is -2.53. The first-order valence-corrected chi connectivity index (χ1v) is 13.9. The average Bonchev–Trinajstić information content (AvgIpc) is 2.71. The number of amides is 2. The van der Waals surface area contributed by atoms with Crippen LogP contribution < -0.4 is 9.62 Å². The van der Waals surface area contributed by atoms with Gasteiger partial charge in [0.05, 0.1) is 11.9 Å². The number of hydrogen-bond donors (Lipinski definition) is 1. The first-order valence-electron chi connectivity index (χ1n) is 11.3. The van der Waals surface area contributed by atoms with Gasteiger partial charge in [0, 0.05) is 28.2 Å². The van der Waals surface area contributed by atoms with Crippen LogP contribution in [0.15, 0.2) is 36.4 Å². The maximum atomic E-state index is 13.7. The van der Waals surface area contributed by atoms with E-state index in [-0.39, 0.29) is 18.5 Å². The van der Waals surface area contributed by atoms with E-state index in [1.165, 1.54) is 4.90 Å². The van der Waals surface area contributed by atoms with Crippen molar-refractivity contribution in [3.63, 3.8) is 0 Å². The van der Waals surface area contributed by atoms with Gasteiger partial charge in [-0.15, -0.1) is 0 Å². The molecule has 7 nitrogen and oxygen atoms in total. The molecule has 1 unspecified atom stereocenters. The van der Waals surface area contributed by atoms with Crippen LogP contribution in [0.1, 0.15) is 43.9 Å². The molecule has 2 rings (SSSR count). The topological polar surface area (TPSA) is 86.8 Å². The van der Waals surface area contributed by atoms with Gasteiger partial charge in [0.25, 0.3) is 0 Å². The first kappa shape index (κ1) is 28.9. The molecule has 0 fully saturated rings. The molecule has 0 saturated carbocycles. The van der Waals surface area contributed by atoms with Crippen LogP contribution in [0.3, 0.4) is 0 Å². The summed E-state index contributed by atoms with van der Waals surface area (Å²) in [6, 6.07) is 9.34. The van der Waals surface area contributed by atoms with Crippen LogP contribution in [0.25, 0.3) is 0 Å². The minimum Gasteiger partial charge on any atom is -0.352 e. The Morgan fingerprint density at radius 1 is 1.03 bits per heavy atom. The molecule has 0 heterocycles. The Balaban J connectivity index is 2.54. The Kier molecular flexibility index (Phi) is 10.0. The highest BCUT2D eigenvalue weighted by Gasteiger charge is 2.32. The molecule has 0 bridgehead atoms. The molecular formula is C25H33Cl2N3O4S. The number of carbonyl (C=O) groups excluding carboxylic acids is 2. The highest BCUT2D eigenvalue weighted by atomic mass is 35.5. The molecule has 0 radical (unpaired) electrons. The number of anilines is 1. The Hall–Kier alpha value is -2.29. The molecule has 35 heavy (non-hydrogen) atoms. The quantitative estimate of drug-likeness (QED) is 0.471. The van der Waals surface area contributed by atoms with E-state index in [9.17, 15) is 18.0 Å². The van der Waals surface area contributed by atoms with Crippen LogP contribution in [0, 0.1) is 13.8 Å². The zero-order chi connectivity index (χ0) is 26.5. The summed E-state index contributed by atoms with van der Waals surface area (Å²) in [5.41, 5.74) is 2.60. The fourth-order valence-corrected chi connectivity index (χ4v) is 5.21. The van der Waals surface area contributed by atoms with Gasteiger partial charge in [0.1, 0.15) is 12.6 Å². The number of aryl methyl sites for hydroxylation is 2. The molecule has 2 aromatic carbocycles. The van der Waals surface area contributed by atoms with E-state index in [1.54, 1.807) is 37.3 Å². The maximum Gasteiger partial charge on any atom is 0.244 e. The lowest BCUT2D eigenvalue weighted by molar-refractivity contribution is -0.140. The van der Waals surface area contributed by atoms with Gasteiger partial charge in [-0.3, -0.25) is 13.9 Å². The van der Waals surface area contributed by atoms with E-state index >= 15 is 0 Å². The minimum atomic E-state index is -3.81. The summed E-state index contributed by atoms with van der Waals surface area (Å²) in [5.74, 6) is -0.882. The van der Waals surface area contributed by atoms with Crippen molar-refractivity contribution in [1.29, 1.82) is 0 Å². The number of nitrogens with zero attached hydrogens (tertiary/aromatic N) is 2. The molecule has 0 aromatic heterocycles. The zero-order valence-corrected chi connectivity index (χ0v) is 23.3. The second-order valence-corrected chi connectivity index (χ2v) is 11.6. The van der Waals surface area contributed by atoms with Crippen LogP contribution in [-0.4, -0.2) is 50.0 Å². The Bertz CT molecular complexity index is 1140. The number of benzene rings is 2. The molecule has 1 atom stereocenters. The largest absolute Gasteiger partial charge is 0.352 e. The van der Waals surface area contributed by atoms with Crippen molar-refractivity contribution in [2.75, 3.05) is 17.1 Å². The van der Waals surface area contributed by atoms with Gasteiger partial charge in [0.15, 0.2) is 0 Å². The summed E-state index contributed by atoms with van der Waals surface area (Å²) in [5, 5.41) is 3.54. The minimum absolute atomic E-state index is 0.0498. The van der Waals surface area contributed by atoms with Crippen molar-refractivity contribution in [2.45, 2.75) is 59.7 Å². The number of halogens is 2. The molecule has 0 spiro atoms. The predicted octanol–water partition coefficient (Wildman–Crippen LogP) is 4.71. The lowest BCUT2D eigenvalue weighted by Gasteiger charge is -2.33. The Labute approximate surface area is 218 Å². The van der Waals surface area contributed by atoms with Gasteiger partial charge in [-0.1, -0.05) is 42.3 Å². The summed E-state index contributed by atoms with van der Waals surface area (Å²) in [7, 11) is -3.81. The first-order chi connectivity index (χ1) is 16.2. The van der Waals surface area contributed by atoms with E-state index < -0.39 is 28.5 Å². The van der Waals surface area contributed by atoms with Gasteiger partial charge >= 0.3 is 0 Å². The molecule has 192 valence electrons. The van der Waals surface area contributed by atoms with Gasteiger partial charge in [-0.05, 0) is 69.5 Å². The summed E-state index contributed by atoms with van der Waals surface area (Å²) < 4.78 is 26.5. The molecule has 10 heteroatoms. The standard InChI is InChI=1S/C25H33Cl2N3O4S/c1-7-23(25(32)28-16(2)3)29(14-20-21(26)9-8-10-22(20)27)24(31)15-30(35(6,33)34)19-12-17(4)11-18(5)13-19/h8-13,16,23H,7,14-15H2,1-6H3,(H,28,32). The monoisotopic (exact) mass is 541 g/mol. The summed E-state index contributed by atoms with van der Waals surface area (Å²) >= 11 is 12.7. The third-order valence-electron chi connectivity index (χ3n) is 5.38. The summed E-state index contributed by atoms with van der Waals surface area (Å²) in [6.07, 6.45) is 1.37. The van der Waals surface area contributed by atoms with E-state index in [1.807, 2.05) is 33.8 Å². The van der Waals surface area contributed by atoms with Gasteiger partial charge in [-0.2, -0.15) is 0 Å². The maximum absolute atomic E-state index is 13.7. The van der Waals surface area contributed by atoms with Crippen LogP contribution in [0.4, 0.5) is 5.69 Å². The SMILES string of the molecule is CCC(C(=O)NC(C)C)N(Cc1c(Cl)cccc1Cl)C(=O)CN(c1cc(C)cc(C)c1)S(C)(=O)=O. The molecule has 1 N–H and O–H groups in total. The highest BCUT2D eigenvalue weighted by Crippen LogP contribution is 2.28. The zero-order valence-electron chi connectivity index (χ0n) is 20.9. The number of carbonyl (C=O) groups is 2. The van der Waals surface area contributed by atoms with Crippen molar-refractivity contribution < 1.29 is 18.0 Å². The second kappa shape index (κ2) is 12.1. The lowest BCUT2D eigenvalue weighted by atomic mass is 10.1. The average molecular weight is 543 g/mol. The van der Waals surface area contributed by atoms with Crippen molar-refractivity contribution >= 4 is 50.7 Å². The third-order valence-corrected chi connectivity index (χ3v) is 7.23. The number of rotatable bonds is 10. The molecule has 0 aliphatic heterocycles. The molecule has 0 saturated heterocycles. The van der Waals surface area contributed by atoms with Gasteiger partial charge in [-0.25, -0.2) is 8.42 Å². The predicted molar refractivity (Wildman–Crippen MR) is 142 cm³/mol. The van der Waals surface area contributed by atoms with E-state index in [2.05, 4.69) is 5.32 Å².